The summed E-state index contributed by atoms with van der Waals surface area (Å²) in [6, 6.07) is 21.8. The van der Waals surface area contributed by atoms with Crippen LogP contribution in [-0.2, 0) is 6.54 Å². The lowest BCUT2D eigenvalue weighted by atomic mass is 10.1. The van der Waals surface area contributed by atoms with Crippen molar-refractivity contribution in [2.24, 2.45) is 0 Å². The van der Waals surface area contributed by atoms with Gasteiger partial charge in [0.2, 0.25) is 0 Å². The van der Waals surface area contributed by atoms with E-state index in [0.29, 0.717) is 49.0 Å². The number of benzene rings is 3. The molecule has 0 radical (unpaired) electrons. The molecule has 1 aliphatic rings. The molecule has 3 aromatic rings. The zero-order valence-corrected chi connectivity index (χ0v) is 18.2. The van der Waals surface area contributed by atoms with E-state index >= 15 is 0 Å². The summed E-state index contributed by atoms with van der Waals surface area (Å²) in [6.45, 7) is 2.90. The minimum absolute atomic E-state index is 0.0407. The van der Waals surface area contributed by atoms with E-state index in [4.69, 9.17) is 11.6 Å². The van der Waals surface area contributed by atoms with E-state index in [1.807, 2.05) is 41.3 Å². The number of amides is 1. The third-order valence-corrected chi connectivity index (χ3v) is 5.74. The van der Waals surface area contributed by atoms with Crippen molar-refractivity contribution in [1.29, 1.82) is 0 Å². The van der Waals surface area contributed by atoms with E-state index in [9.17, 15) is 14.9 Å². The number of piperazine rings is 1. The zero-order valence-electron chi connectivity index (χ0n) is 17.4. The Bertz CT molecular complexity index is 1120. The molecular weight excluding hydrogens is 428 g/mol. The second-order valence-corrected chi connectivity index (χ2v) is 8.02. The van der Waals surface area contributed by atoms with Crippen LogP contribution in [0.25, 0.3) is 0 Å². The van der Waals surface area contributed by atoms with Gasteiger partial charge in [0.05, 0.1) is 4.92 Å². The monoisotopic (exact) mass is 450 g/mol. The summed E-state index contributed by atoms with van der Waals surface area (Å²) < 4.78 is 0. The predicted molar refractivity (Wildman–Crippen MR) is 126 cm³/mol. The number of carbonyl (C=O) groups is 1. The largest absolute Gasteiger partial charge is 0.375 e. The Balaban J connectivity index is 1.44. The van der Waals surface area contributed by atoms with Crippen LogP contribution in [0.4, 0.5) is 17.1 Å². The molecule has 0 bridgehead atoms. The van der Waals surface area contributed by atoms with Crippen LogP contribution >= 0.6 is 11.6 Å². The molecule has 1 aliphatic heterocycles. The highest BCUT2D eigenvalue weighted by molar-refractivity contribution is 6.30. The fraction of sp³-hybridized carbons (Fsp3) is 0.208. The van der Waals surface area contributed by atoms with Crippen molar-refractivity contribution < 1.29 is 9.72 Å². The Hall–Kier alpha value is -3.58. The van der Waals surface area contributed by atoms with Crippen LogP contribution in [0, 0.1) is 10.1 Å². The van der Waals surface area contributed by atoms with Crippen LogP contribution in [0.15, 0.2) is 72.8 Å². The number of hydrogen-bond donors (Lipinski definition) is 1. The van der Waals surface area contributed by atoms with Crippen LogP contribution in [-0.4, -0.2) is 41.9 Å². The summed E-state index contributed by atoms with van der Waals surface area (Å²) in [5.74, 6) is -0.0407. The molecule has 4 rings (SSSR count). The molecule has 7 nitrogen and oxygen atoms in total. The van der Waals surface area contributed by atoms with Gasteiger partial charge in [-0.3, -0.25) is 14.9 Å². The smallest absolute Gasteiger partial charge is 0.292 e. The molecule has 0 aromatic heterocycles. The second kappa shape index (κ2) is 9.70. The van der Waals surface area contributed by atoms with Crippen LogP contribution in [0.3, 0.4) is 0 Å². The molecule has 1 saturated heterocycles. The molecule has 32 heavy (non-hydrogen) atoms. The Morgan fingerprint density at radius 3 is 2.41 bits per heavy atom. The van der Waals surface area contributed by atoms with Crippen molar-refractivity contribution >= 4 is 34.6 Å². The maximum atomic E-state index is 12.8. The molecular formula is C24H23ClN4O3. The van der Waals surface area contributed by atoms with E-state index < -0.39 is 0 Å². The number of anilines is 2. The lowest BCUT2D eigenvalue weighted by molar-refractivity contribution is -0.384. The summed E-state index contributed by atoms with van der Waals surface area (Å²) in [7, 11) is 0. The van der Waals surface area contributed by atoms with Gasteiger partial charge < -0.3 is 15.1 Å². The molecule has 1 heterocycles. The first-order valence-electron chi connectivity index (χ1n) is 10.4. The average molecular weight is 451 g/mol. The number of nitro groups is 1. The Kier molecular flexibility index (Phi) is 6.56. The van der Waals surface area contributed by atoms with E-state index in [2.05, 4.69) is 10.2 Å². The first kappa shape index (κ1) is 21.6. The number of nitrogens with zero attached hydrogens (tertiary/aromatic N) is 3. The standard InChI is InChI=1S/C24H23ClN4O3/c25-20-8-4-7-19(15-20)24(30)28-13-11-27(12-14-28)21-9-10-23(29(31)32)22(16-21)26-17-18-5-2-1-3-6-18/h1-10,15-16,26H,11-14,17H2. The van der Waals surface area contributed by atoms with Crippen LogP contribution in [0.5, 0.6) is 0 Å². The van der Waals surface area contributed by atoms with Crippen LogP contribution in [0.1, 0.15) is 15.9 Å². The van der Waals surface area contributed by atoms with E-state index in [0.717, 1.165) is 11.3 Å². The van der Waals surface area contributed by atoms with Gasteiger partial charge in [-0.2, -0.15) is 0 Å². The Morgan fingerprint density at radius 1 is 0.969 bits per heavy atom. The molecule has 0 saturated carbocycles. The molecule has 0 spiro atoms. The quantitative estimate of drug-likeness (QED) is 0.430. The average Bonchev–Trinajstić information content (AvgIpc) is 2.83. The minimum Gasteiger partial charge on any atom is -0.375 e. The molecule has 164 valence electrons. The summed E-state index contributed by atoms with van der Waals surface area (Å²) in [5, 5.41) is 15.2. The number of rotatable bonds is 6. The van der Waals surface area contributed by atoms with Gasteiger partial charge in [0.15, 0.2) is 0 Å². The number of hydrogen-bond acceptors (Lipinski definition) is 5. The third-order valence-electron chi connectivity index (χ3n) is 5.51. The van der Waals surface area contributed by atoms with Gasteiger partial charge in [0.25, 0.3) is 11.6 Å². The molecule has 1 N–H and O–H groups in total. The van der Waals surface area contributed by atoms with Crippen molar-refractivity contribution in [3.63, 3.8) is 0 Å². The predicted octanol–water partition coefficient (Wildman–Crippen LogP) is 4.82. The Labute approximate surface area is 191 Å². The highest BCUT2D eigenvalue weighted by Crippen LogP contribution is 2.30. The second-order valence-electron chi connectivity index (χ2n) is 7.59. The lowest BCUT2D eigenvalue weighted by Gasteiger charge is -2.36. The lowest BCUT2D eigenvalue weighted by Crippen LogP contribution is -2.48. The molecule has 3 aromatic carbocycles. The van der Waals surface area contributed by atoms with Crippen LogP contribution < -0.4 is 10.2 Å². The van der Waals surface area contributed by atoms with Crippen LogP contribution in [0.2, 0.25) is 5.02 Å². The first-order valence-corrected chi connectivity index (χ1v) is 10.7. The fourth-order valence-electron chi connectivity index (χ4n) is 3.79. The van der Waals surface area contributed by atoms with E-state index in [1.54, 1.807) is 30.3 Å². The van der Waals surface area contributed by atoms with Gasteiger partial charge >= 0.3 is 0 Å². The molecule has 0 atom stereocenters. The summed E-state index contributed by atoms with van der Waals surface area (Å²) in [4.78, 5) is 27.8. The highest BCUT2D eigenvalue weighted by Gasteiger charge is 2.24. The van der Waals surface area contributed by atoms with Gasteiger partial charge in [-0.25, -0.2) is 0 Å². The van der Waals surface area contributed by atoms with Gasteiger partial charge in [-0.1, -0.05) is 48.0 Å². The van der Waals surface area contributed by atoms with Crippen molar-refractivity contribution in [3.8, 4) is 0 Å². The van der Waals surface area contributed by atoms with Crippen molar-refractivity contribution in [1.82, 2.24) is 4.90 Å². The first-order chi connectivity index (χ1) is 15.5. The fourth-order valence-corrected chi connectivity index (χ4v) is 3.98. The van der Waals surface area contributed by atoms with Crippen molar-refractivity contribution in [2.45, 2.75) is 6.54 Å². The van der Waals surface area contributed by atoms with Gasteiger partial charge in [-0.05, 0) is 35.9 Å². The topological polar surface area (TPSA) is 78.7 Å². The number of carbonyl (C=O) groups excluding carboxylic acids is 1. The van der Waals surface area contributed by atoms with Gasteiger partial charge in [0.1, 0.15) is 5.69 Å². The van der Waals surface area contributed by atoms with Gasteiger partial charge in [0, 0.05) is 55.1 Å². The third kappa shape index (κ3) is 5.00. The normalized spacial score (nSPS) is 13.7. The highest BCUT2D eigenvalue weighted by atomic mass is 35.5. The molecule has 1 fully saturated rings. The zero-order chi connectivity index (χ0) is 22.5. The van der Waals surface area contributed by atoms with Crippen molar-refractivity contribution in [2.75, 3.05) is 36.4 Å². The molecule has 0 aliphatic carbocycles. The Morgan fingerprint density at radius 2 is 1.72 bits per heavy atom. The number of nitro benzene ring substituents is 1. The SMILES string of the molecule is O=C(c1cccc(Cl)c1)N1CCN(c2ccc([N+](=O)[O-])c(NCc3ccccc3)c2)CC1. The van der Waals surface area contributed by atoms with E-state index in [-0.39, 0.29) is 16.5 Å². The maximum absolute atomic E-state index is 12.8. The summed E-state index contributed by atoms with van der Waals surface area (Å²) in [5.41, 5.74) is 3.03. The molecule has 1 amide bonds. The number of halogens is 1. The van der Waals surface area contributed by atoms with Crippen molar-refractivity contribution in [3.05, 3.63) is 99.1 Å². The van der Waals surface area contributed by atoms with E-state index in [1.165, 1.54) is 6.07 Å². The number of nitrogens with one attached hydrogen (secondary N) is 1. The summed E-state index contributed by atoms with van der Waals surface area (Å²) >= 11 is 6.01. The molecule has 8 heteroatoms. The minimum atomic E-state index is -0.376. The summed E-state index contributed by atoms with van der Waals surface area (Å²) in [6.07, 6.45) is 0. The maximum Gasteiger partial charge on any atom is 0.292 e. The van der Waals surface area contributed by atoms with Gasteiger partial charge in [-0.15, -0.1) is 0 Å². The molecule has 0 unspecified atom stereocenters.